The molecule has 90 valence electrons. The minimum Gasteiger partial charge on any atom is -0.366 e. The van der Waals surface area contributed by atoms with E-state index in [4.69, 9.17) is 11.0 Å². The molecule has 0 saturated heterocycles. The average molecular weight is 232 g/mol. The molecule has 5 heteroatoms. The van der Waals surface area contributed by atoms with E-state index in [1.165, 1.54) is 0 Å². The van der Waals surface area contributed by atoms with Crippen molar-refractivity contribution in [2.45, 2.75) is 31.2 Å². The Labute approximate surface area is 100.0 Å². The van der Waals surface area contributed by atoms with Crippen molar-refractivity contribution in [2.75, 3.05) is 5.32 Å². The van der Waals surface area contributed by atoms with Crippen LogP contribution in [-0.4, -0.2) is 16.4 Å². The summed E-state index contributed by atoms with van der Waals surface area (Å²) in [4.78, 5) is 14.8. The average Bonchev–Trinajstić information content (AvgIpc) is 2.83. The maximum atomic E-state index is 11.9. The summed E-state index contributed by atoms with van der Waals surface area (Å²) in [7, 11) is 0. The quantitative estimate of drug-likeness (QED) is 0.718. The van der Waals surface area contributed by atoms with E-state index in [9.17, 15) is 4.79 Å². The molecule has 1 amide bonds. The van der Waals surface area contributed by atoms with Crippen LogP contribution < -0.4 is 11.1 Å². The van der Waals surface area contributed by atoms with Crippen molar-refractivity contribution in [1.82, 2.24) is 4.98 Å². The van der Waals surface area contributed by atoms with E-state index in [2.05, 4.69) is 16.4 Å². The zero-order chi connectivity index (χ0) is 12.3. The Hall–Kier alpha value is -1.80. The third-order valence-corrected chi connectivity index (χ3v) is 3.34. The van der Waals surface area contributed by atoms with Crippen LogP contribution >= 0.6 is 0 Å². The van der Waals surface area contributed by atoms with Gasteiger partial charge in [-0.15, -0.1) is 0 Å². The second-order valence-corrected chi connectivity index (χ2v) is 4.63. The Morgan fingerprint density at radius 2 is 2.29 bits per heavy atom. The molecule has 0 atom stereocenters. The van der Waals surface area contributed by atoms with Crippen LogP contribution in [0, 0.1) is 17.2 Å². The highest BCUT2D eigenvalue weighted by atomic mass is 16.1. The molecule has 1 saturated carbocycles. The Morgan fingerprint density at radius 3 is 2.82 bits per heavy atom. The molecule has 0 spiro atoms. The standard InChI is InChI=1S/C12H16N4O/c13-8-12(14)4-1-9(2-5-12)11(17)16-10-3-6-15-7-10/h3,6-7,9,15H,1-2,4-5,14H2,(H,16,17). The number of nitrogens with zero attached hydrogens (tertiary/aromatic N) is 1. The molecule has 4 N–H and O–H groups in total. The molecule has 1 aliphatic carbocycles. The number of hydrogen-bond donors (Lipinski definition) is 3. The highest BCUT2D eigenvalue weighted by molar-refractivity contribution is 5.92. The van der Waals surface area contributed by atoms with Crippen LogP contribution in [0.4, 0.5) is 5.69 Å². The normalized spacial score (nSPS) is 28.4. The van der Waals surface area contributed by atoms with E-state index in [0.29, 0.717) is 25.7 Å². The van der Waals surface area contributed by atoms with Crippen molar-refractivity contribution >= 4 is 11.6 Å². The Morgan fingerprint density at radius 1 is 1.59 bits per heavy atom. The van der Waals surface area contributed by atoms with Crippen LogP contribution in [0.5, 0.6) is 0 Å². The van der Waals surface area contributed by atoms with Gasteiger partial charge in [-0.05, 0) is 31.7 Å². The minimum atomic E-state index is -0.731. The van der Waals surface area contributed by atoms with Crippen molar-refractivity contribution in [3.8, 4) is 6.07 Å². The van der Waals surface area contributed by atoms with Crippen LogP contribution in [0.15, 0.2) is 18.5 Å². The molecule has 1 heterocycles. The molecular weight excluding hydrogens is 216 g/mol. The zero-order valence-electron chi connectivity index (χ0n) is 9.57. The largest absolute Gasteiger partial charge is 0.366 e. The molecule has 1 aromatic heterocycles. The lowest BCUT2D eigenvalue weighted by Crippen LogP contribution is -2.43. The first-order valence-electron chi connectivity index (χ1n) is 5.77. The summed E-state index contributed by atoms with van der Waals surface area (Å²) in [5.41, 5.74) is 5.91. The predicted octanol–water partition coefficient (Wildman–Crippen LogP) is 1.36. The minimum absolute atomic E-state index is 0.0181. The van der Waals surface area contributed by atoms with E-state index >= 15 is 0 Å². The first kappa shape index (κ1) is 11.7. The van der Waals surface area contributed by atoms with Gasteiger partial charge in [0, 0.05) is 18.3 Å². The van der Waals surface area contributed by atoms with Crippen molar-refractivity contribution in [3.05, 3.63) is 18.5 Å². The summed E-state index contributed by atoms with van der Waals surface area (Å²) in [6.07, 6.45) is 6.05. The number of nitrogens with two attached hydrogens (primary N) is 1. The molecule has 0 bridgehead atoms. The molecule has 0 radical (unpaired) electrons. The third kappa shape index (κ3) is 2.66. The second kappa shape index (κ2) is 4.60. The van der Waals surface area contributed by atoms with Gasteiger partial charge in [0.2, 0.25) is 5.91 Å². The molecule has 0 aromatic carbocycles. The molecule has 2 rings (SSSR count). The smallest absolute Gasteiger partial charge is 0.227 e. The Kier molecular flexibility index (Phi) is 3.16. The SMILES string of the molecule is N#CC1(N)CCC(C(=O)Nc2cc[nH]c2)CC1. The molecule has 5 nitrogen and oxygen atoms in total. The number of nitriles is 1. The molecular formula is C12H16N4O. The maximum Gasteiger partial charge on any atom is 0.227 e. The fourth-order valence-corrected chi connectivity index (χ4v) is 2.15. The van der Waals surface area contributed by atoms with Crippen LogP contribution in [-0.2, 0) is 4.79 Å². The van der Waals surface area contributed by atoms with Gasteiger partial charge in [-0.3, -0.25) is 4.79 Å². The van der Waals surface area contributed by atoms with Gasteiger partial charge in [0.15, 0.2) is 0 Å². The Balaban J connectivity index is 1.89. The zero-order valence-corrected chi connectivity index (χ0v) is 9.57. The highest BCUT2D eigenvalue weighted by Gasteiger charge is 2.34. The van der Waals surface area contributed by atoms with E-state index in [-0.39, 0.29) is 11.8 Å². The van der Waals surface area contributed by atoms with Gasteiger partial charge in [-0.1, -0.05) is 0 Å². The monoisotopic (exact) mass is 232 g/mol. The van der Waals surface area contributed by atoms with Crippen molar-refractivity contribution < 1.29 is 4.79 Å². The van der Waals surface area contributed by atoms with Crippen LogP contribution in [0.25, 0.3) is 0 Å². The lowest BCUT2D eigenvalue weighted by Gasteiger charge is -2.30. The fourth-order valence-electron chi connectivity index (χ4n) is 2.15. The van der Waals surface area contributed by atoms with Crippen molar-refractivity contribution in [1.29, 1.82) is 5.26 Å². The van der Waals surface area contributed by atoms with E-state index in [1.807, 2.05) is 6.07 Å². The van der Waals surface area contributed by atoms with E-state index < -0.39 is 5.54 Å². The topological polar surface area (TPSA) is 94.7 Å². The second-order valence-electron chi connectivity index (χ2n) is 4.63. The lowest BCUT2D eigenvalue weighted by molar-refractivity contribution is -0.120. The van der Waals surface area contributed by atoms with Gasteiger partial charge in [0.25, 0.3) is 0 Å². The fraction of sp³-hybridized carbons (Fsp3) is 0.500. The van der Waals surface area contributed by atoms with Crippen molar-refractivity contribution in [3.63, 3.8) is 0 Å². The lowest BCUT2D eigenvalue weighted by atomic mass is 9.77. The van der Waals surface area contributed by atoms with Gasteiger partial charge < -0.3 is 16.0 Å². The molecule has 0 unspecified atom stereocenters. The van der Waals surface area contributed by atoms with Crippen LogP contribution in [0.3, 0.4) is 0 Å². The van der Waals surface area contributed by atoms with E-state index in [0.717, 1.165) is 5.69 Å². The molecule has 0 aliphatic heterocycles. The van der Waals surface area contributed by atoms with E-state index in [1.54, 1.807) is 12.4 Å². The third-order valence-electron chi connectivity index (χ3n) is 3.34. The molecule has 1 aromatic rings. The number of H-pyrrole nitrogens is 1. The first-order chi connectivity index (χ1) is 8.13. The number of carbonyl (C=O) groups is 1. The summed E-state index contributed by atoms with van der Waals surface area (Å²) in [6, 6.07) is 3.94. The van der Waals surface area contributed by atoms with Crippen molar-refractivity contribution in [2.24, 2.45) is 11.7 Å². The predicted molar refractivity (Wildman–Crippen MR) is 63.9 cm³/mol. The first-order valence-corrected chi connectivity index (χ1v) is 5.77. The number of carbonyl (C=O) groups excluding carboxylic acids is 1. The van der Waals surface area contributed by atoms with Crippen LogP contribution in [0.1, 0.15) is 25.7 Å². The number of nitrogens with one attached hydrogen (secondary N) is 2. The van der Waals surface area contributed by atoms with Gasteiger partial charge in [-0.2, -0.15) is 5.26 Å². The summed E-state index contributed by atoms with van der Waals surface area (Å²) >= 11 is 0. The molecule has 1 fully saturated rings. The summed E-state index contributed by atoms with van der Waals surface area (Å²) < 4.78 is 0. The van der Waals surface area contributed by atoms with Gasteiger partial charge >= 0.3 is 0 Å². The Bertz CT molecular complexity index is 424. The number of amides is 1. The molecule has 17 heavy (non-hydrogen) atoms. The maximum absolute atomic E-state index is 11.9. The van der Waals surface area contributed by atoms with Crippen LogP contribution in [0.2, 0.25) is 0 Å². The number of rotatable bonds is 2. The summed E-state index contributed by atoms with van der Waals surface area (Å²) in [6.45, 7) is 0. The van der Waals surface area contributed by atoms with Gasteiger partial charge in [0.05, 0.1) is 11.8 Å². The highest BCUT2D eigenvalue weighted by Crippen LogP contribution is 2.30. The number of aromatic amines is 1. The number of aromatic nitrogens is 1. The molecule has 1 aliphatic rings. The van der Waals surface area contributed by atoms with Gasteiger partial charge in [0.1, 0.15) is 5.54 Å². The van der Waals surface area contributed by atoms with Gasteiger partial charge in [-0.25, -0.2) is 0 Å². The summed E-state index contributed by atoms with van der Waals surface area (Å²) in [5.74, 6) is -0.0143. The number of anilines is 1. The number of hydrogen-bond acceptors (Lipinski definition) is 3. The summed E-state index contributed by atoms with van der Waals surface area (Å²) in [5, 5.41) is 11.7.